The van der Waals surface area contributed by atoms with Gasteiger partial charge in [-0.05, 0) is 46.7 Å². The lowest BCUT2D eigenvalue weighted by molar-refractivity contribution is 0.0321. The summed E-state index contributed by atoms with van der Waals surface area (Å²) in [6, 6.07) is 10.6. The summed E-state index contributed by atoms with van der Waals surface area (Å²) in [4.78, 5) is 0. The van der Waals surface area contributed by atoms with Crippen LogP contribution in [0.1, 0.15) is 41.5 Å². The fraction of sp³-hybridized carbons (Fsp3) is 0.647. The zero-order chi connectivity index (χ0) is 16.5. The van der Waals surface area contributed by atoms with E-state index in [1.165, 1.54) is 5.19 Å². The summed E-state index contributed by atoms with van der Waals surface area (Å²) >= 11 is 0. The van der Waals surface area contributed by atoms with Crippen molar-refractivity contribution in [2.24, 2.45) is 0 Å². The Morgan fingerprint density at radius 1 is 0.714 bits per heavy atom. The van der Waals surface area contributed by atoms with Gasteiger partial charge in [0.2, 0.25) is 0 Å². The molecule has 1 aromatic carbocycles. The minimum absolute atomic E-state index is 0.215. The average Bonchev–Trinajstić information content (AvgIpc) is 2.23. The van der Waals surface area contributed by atoms with Gasteiger partial charge in [-0.1, -0.05) is 50.0 Å². The van der Waals surface area contributed by atoms with Crippen LogP contribution in [0.4, 0.5) is 0 Å². The molecule has 0 heterocycles. The third kappa shape index (κ3) is 5.06. The molecule has 0 aliphatic carbocycles. The fourth-order valence-corrected chi connectivity index (χ4v) is 13.3. The van der Waals surface area contributed by atoms with Crippen LogP contribution in [0.25, 0.3) is 0 Å². The molecule has 0 aliphatic rings. The summed E-state index contributed by atoms with van der Waals surface area (Å²) in [5.41, 5.74) is -0.429. The quantitative estimate of drug-likeness (QED) is 0.765. The molecule has 0 aromatic heterocycles. The molecule has 0 radical (unpaired) electrons. The molecule has 0 N–H and O–H groups in total. The van der Waals surface area contributed by atoms with Gasteiger partial charge in [0.05, 0.1) is 11.2 Å². The third-order valence-electron chi connectivity index (χ3n) is 3.04. The van der Waals surface area contributed by atoms with Gasteiger partial charge in [0.1, 0.15) is 7.59 Å². The molecule has 0 saturated carbocycles. The minimum Gasteiger partial charge on any atom is -0.388 e. The standard InChI is InChI=1S/C17H32O2Si2/c1-16(2,3)18-21(20(7,8)9,19-17(4,5)6)15-13-11-10-12-14-15/h10-14H,1-9H3. The number of rotatable bonds is 4. The van der Waals surface area contributed by atoms with E-state index in [1.807, 2.05) is 0 Å². The van der Waals surface area contributed by atoms with Crippen LogP contribution in [0.15, 0.2) is 30.3 Å². The molecule has 4 heteroatoms. The van der Waals surface area contributed by atoms with E-state index in [4.69, 9.17) is 8.85 Å². The highest BCUT2D eigenvalue weighted by molar-refractivity contribution is 7.41. The summed E-state index contributed by atoms with van der Waals surface area (Å²) in [6.07, 6.45) is 0. The first kappa shape index (κ1) is 18.6. The van der Waals surface area contributed by atoms with Crippen molar-refractivity contribution >= 4 is 20.9 Å². The maximum atomic E-state index is 6.73. The van der Waals surface area contributed by atoms with Crippen molar-refractivity contribution in [3.05, 3.63) is 30.3 Å². The zero-order valence-electron chi connectivity index (χ0n) is 15.2. The van der Waals surface area contributed by atoms with Gasteiger partial charge in [0.15, 0.2) is 0 Å². The van der Waals surface area contributed by atoms with Crippen LogP contribution < -0.4 is 5.19 Å². The number of hydrogen-bond donors (Lipinski definition) is 0. The molecular formula is C17H32O2Si2. The van der Waals surface area contributed by atoms with E-state index < -0.39 is 15.7 Å². The molecule has 1 aromatic rings. The van der Waals surface area contributed by atoms with E-state index in [0.717, 1.165) is 0 Å². The predicted molar refractivity (Wildman–Crippen MR) is 96.9 cm³/mol. The molecule has 0 aliphatic heterocycles. The molecule has 0 unspecified atom stereocenters. The van der Waals surface area contributed by atoms with Crippen LogP contribution in [0.5, 0.6) is 0 Å². The van der Waals surface area contributed by atoms with Gasteiger partial charge in [-0.2, -0.15) is 0 Å². The fourth-order valence-electron chi connectivity index (χ4n) is 2.40. The van der Waals surface area contributed by atoms with Gasteiger partial charge in [-0.3, -0.25) is 0 Å². The minimum atomic E-state index is -2.51. The first-order valence-electron chi connectivity index (χ1n) is 7.73. The summed E-state index contributed by atoms with van der Waals surface area (Å²) in [6.45, 7) is 19.9. The Labute approximate surface area is 132 Å². The summed E-state index contributed by atoms with van der Waals surface area (Å²) in [5.74, 6) is 0. The largest absolute Gasteiger partial charge is 0.388 e. The highest BCUT2D eigenvalue weighted by Crippen LogP contribution is 2.31. The van der Waals surface area contributed by atoms with Crippen LogP contribution in [0, 0.1) is 0 Å². The van der Waals surface area contributed by atoms with Gasteiger partial charge in [-0.25, -0.2) is 0 Å². The molecule has 0 spiro atoms. The van der Waals surface area contributed by atoms with Crippen LogP contribution >= 0.6 is 0 Å². The van der Waals surface area contributed by atoms with Crippen LogP contribution in [-0.2, 0) is 8.85 Å². The van der Waals surface area contributed by atoms with Gasteiger partial charge < -0.3 is 8.85 Å². The van der Waals surface area contributed by atoms with Crippen LogP contribution in [0.2, 0.25) is 19.6 Å². The van der Waals surface area contributed by atoms with Crippen LogP contribution in [0.3, 0.4) is 0 Å². The number of hydrogen-bond acceptors (Lipinski definition) is 2. The smallest absolute Gasteiger partial charge is 0.349 e. The van der Waals surface area contributed by atoms with Crippen molar-refractivity contribution in [1.29, 1.82) is 0 Å². The average molecular weight is 325 g/mol. The lowest BCUT2D eigenvalue weighted by Crippen LogP contribution is -2.73. The van der Waals surface area contributed by atoms with Crippen molar-refractivity contribution in [2.75, 3.05) is 0 Å². The Morgan fingerprint density at radius 3 is 1.38 bits per heavy atom. The highest BCUT2D eigenvalue weighted by atomic mass is 29.3. The Kier molecular flexibility index (Phi) is 5.31. The highest BCUT2D eigenvalue weighted by Gasteiger charge is 2.56. The molecule has 0 saturated heterocycles. The molecule has 0 bridgehead atoms. The third-order valence-corrected chi connectivity index (χ3v) is 15.3. The molecule has 120 valence electrons. The lowest BCUT2D eigenvalue weighted by atomic mass is 10.2. The SMILES string of the molecule is CC(C)(C)O[Si](OC(C)(C)C)(c1ccccc1)[Si](C)(C)C. The van der Waals surface area contributed by atoms with E-state index in [9.17, 15) is 0 Å². The molecule has 21 heavy (non-hydrogen) atoms. The van der Waals surface area contributed by atoms with Crippen molar-refractivity contribution in [2.45, 2.75) is 72.4 Å². The Balaban J connectivity index is 3.49. The van der Waals surface area contributed by atoms with Gasteiger partial charge in [0.25, 0.3) is 0 Å². The zero-order valence-corrected chi connectivity index (χ0v) is 17.2. The molecule has 2 nitrogen and oxygen atoms in total. The summed E-state index contributed by atoms with van der Waals surface area (Å²) in [5, 5.41) is 1.26. The van der Waals surface area contributed by atoms with Crippen LogP contribution in [-0.4, -0.2) is 26.9 Å². The number of benzene rings is 1. The van der Waals surface area contributed by atoms with E-state index in [1.54, 1.807) is 0 Å². The van der Waals surface area contributed by atoms with Crippen molar-refractivity contribution in [3.8, 4) is 0 Å². The topological polar surface area (TPSA) is 18.5 Å². The molecule has 0 amide bonds. The molecule has 0 fully saturated rings. The monoisotopic (exact) mass is 324 g/mol. The van der Waals surface area contributed by atoms with Crippen molar-refractivity contribution < 1.29 is 8.85 Å². The first-order valence-corrected chi connectivity index (χ1v) is 14.0. The maximum absolute atomic E-state index is 6.73. The second-order valence-corrected chi connectivity index (χ2v) is 21.9. The first-order chi connectivity index (χ1) is 9.27. The van der Waals surface area contributed by atoms with E-state index in [-0.39, 0.29) is 11.2 Å². The Hall–Kier alpha value is -0.426. The molecule has 1 rings (SSSR count). The second-order valence-electron chi connectivity index (χ2n) is 8.66. The Morgan fingerprint density at radius 2 is 1.10 bits per heavy atom. The second kappa shape index (κ2) is 5.99. The van der Waals surface area contributed by atoms with E-state index in [2.05, 4.69) is 91.5 Å². The van der Waals surface area contributed by atoms with Crippen molar-refractivity contribution in [1.82, 2.24) is 0 Å². The maximum Gasteiger partial charge on any atom is 0.349 e. The van der Waals surface area contributed by atoms with E-state index in [0.29, 0.717) is 0 Å². The molecular weight excluding hydrogens is 292 g/mol. The summed E-state index contributed by atoms with van der Waals surface area (Å²) < 4.78 is 13.5. The summed E-state index contributed by atoms with van der Waals surface area (Å²) in [7, 11) is -4.21. The Bertz CT molecular complexity index is 434. The van der Waals surface area contributed by atoms with Gasteiger partial charge in [-0.15, -0.1) is 0 Å². The lowest BCUT2D eigenvalue weighted by Gasteiger charge is -2.47. The normalized spacial score (nSPS) is 14.3. The van der Waals surface area contributed by atoms with E-state index >= 15 is 0 Å². The van der Waals surface area contributed by atoms with Gasteiger partial charge >= 0.3 is 8.08 Å². The predicted octanol–water partition coefficient (Wildman–Crippen LogP) is 4.38. The molecule has 0 atom stereocenters. The van der Waals surface area contributed by atoms with Crippen molar-refractivity contribution in [3.63, 3.8) is 0 Å². The van der Waals surface area contributed by atoms with Gasteiger partial charge in [0, 0.05) is 0 Å².